The van der Waals surface area contributed by atoms with Crippen molar-refractivity contribution in [2.75, 3.05) is 13.1 Å². The fourth-order valence-electron chi connectivity index (χ4n) is 3.80. The van der Waals surface area contributed by atoms with Crippen LogP contribution in [0, 0.1) is 0 Å². The van der Waals surface area contributed by atoms with Crippen molar-refractivity contribution in [3.8, 4) is 5.75 Å². The fourth-order valence-corrected chi connectivity index (χ4v) is 3.96. The molecule has 2 aromatic carbocycles. The summed E-state index contributed by atoms with van der Waals surface area (Å²) in [6.07, 6.45) is 2.99. The molecule has 0 spiro atoms. The molecule has 0 atom stereocenters. The highest BCUT2D eigenvalue weighted by Crippen LogP contribution is 2.32. The standard InChI is InChI=1S/C23H24ClN3O2/c1-15(2)16-3-6-19(7-4-16)29-23(28)27-11-9-17(10-12-27)22-20-8-5-18(24)13-21(20)25-14-26-22/h3-8,13-15,17H,9-12H2,1-2H3. The molecule has 0 bridgehead atoms. The number of hydrogen-bond acceptors (Lipinski definition) is 4. The molecule has 1 amide bonds. The average Bonchev–Trinajstić information content (AvgIpc) is 2.73. The molecule has 29 heavy (non-hydrogen) atoms. The van der Waals surface area contributed by atoms with Crippen molar-refractivity contribution in [3.05, 3.63) is 65.1 Å². The molecule has 1 saturated heterocycles. The normalized spacial score (nSPS) is 15.1. The van der Waals surface area contributed by atoms with Crippen molar-refractivity contribution < 1.29 is 9.53 Å². The first-order chi connectivity index (χ1) is 14.0. The van der Waals surface area contributed by atoms with Gasteiger partial charge in [-0.25, -0.2) is 14.8 Å². The molecule has 2 heterocycles. The van der Waals surface area contributed by atoms with Gasteiger partial charge >= 0.3 is 6.09 Å². The number of rotatable bonds is 3. The molecule has 5 nitrogen and oxygen atoms in total. The van der Waals surface area contributed by atoms with Crippen LogP contribution in [0.1, 0.15) is 49.8 Å². The summed E-state index contributed by atoms with van der Waals surface area (Å²) in [6, 6.07) is 13.4. The maximum Gasteiger partial charge on any atom is 0.415 e. The highest BCUT2D eigenvalue weighted by Gasteiger charge is 2.27. The predicted octanol–water partition coefficient (Wildman–Crippen LogP) is 5.79. The lowest BCUT2D eigenvalue weighted by molar-refractivity contribution is 0.138. The van der Waals surface area contributed by atoms with Gasteiger partial charge in [0, 0.05) is 29.4 Å². The topological polar surface area (TPSA) is 55.3 Å². The van der Waals surface area contributed by atoms with Gasteiger partial charge < -0.3 is 9.64 Å². The van der Waals surface area contributed by atoms with Crippen molar-refractivity contribution in [1.29, 1.82) is 0 Å². The van der Waals surface area contributed by atoms with Crippen LogP contribution in [0.4, 0.5) is 4.79 Å². The summed E-state index contributed by atoms with van der Waals surface area (Å²) >= 11 is 6.08. The quantitative estimate of drug-likeness (QED) is 0.549. The van der Waals surface area contributed by atoms with E-state index in [1.54, 1.807) is 11.2 Å². The van der Waals surface area contributed by atoms with Gasteiger partial charge in [0.15, 0.2) is 0 Å². The third-order valence-corrected chi connectivity index (χ3v) is 5.76. The van der Waals surface area contributed by atoms with Crippen LogP contribution in [-0.2, 0) is 0 Å². The monoisotopic (exact) mass is 409 g/mol. The molecule has 1 aliphatic rings. The molecule has 3 aromatic rings. The van der Waals surface area contributed by atoms with Crippen molar-refractivity contribution in [3.63, 3.8) is 0 Å². The Balaban J connectivity index is 1.40. The highest BCUT2D eigenvalue weighted by atomic mass is 35.5. The van der Waals surface area contributed by atoms with Crippen molar-refractivity contribution in [2.45, 2.75) is 38.5 Å². The third kappa shape index (κ3) is 4.35. The third-order valence-electron chi connectivity index (χ3n) is 5.52. The van der Waals surface area contributed by atoms with Crippen LogP contribution in [-0.4, -0.2) is 34.1 Å². The molecule has 6 heteroatoms. The van der Waals surface area contributed by atoms with E-state index in [0.717, 1.165) is 29.4 Å². The molecular weight excluding hydrogens is 386 g/mol. The number of hydrogen-bond donors (Lipinski definition) is 0. The van der Waals surface area contributed by atoms with Crippen molar-refractivity contribution in [2.24, 2.45) is 0 Å². The summed E-state index contributed by atoms with van der Waals surface area (Å²) < 4.78 is 5.56. The Bertz CT molecular complexity index is 1010. The molecule has 0 radical (unpaired) electrons. The zero-order chi connectivity index (χ0) is 20.4. The van der Waals surface area contributed by atoms with Gasteiger partial charge in [-0.15, -0.1) is 0 Å². The number of ether oxygens (including phenoxy) is 1. The van der Waals surface area contributed by atoms with Crippen LogP contribution < -0.4 is 4.74 Å². The maximum absolute atomic E-state index is 12.5. The van der Waals surface area contributed by atoms with E-state index in [9.17, 15) is 4.79 Å². The Morgan fingerprint density at radius 1 is 1.10 bits per heavy atom. The van der Waals surface area contributed by atoms with Crippen LogP contribution in [0.2, 0.25) is 5.02 Å². The number of carbonyl (C=O) groups is 1. The first-order valence-corrected chi connectivity index (χ1v) is 10.4. The largest absolute Gasteiger partial charge is 0.415 e. The Labute approximate surface area is 175 Å². The van der Waals surface area contributed by atoms with Crippen molar-refractivity contribution >= 4 is 28.6 Å². The highest BCUT2D eigenvalue weighted by molar-refractivity contribution is 6.31. The van der Waals surface area contributed by atoms with Gasteiger partial charge in [-0.3, -0.25) is 0 Å². The molecule has 1 aliphatic heterocycles. The number of likely N-dealkylation sites (tertiary alicyclic amines) is 1. The second-order valence-corrected chi connectivity index (χ2v) is 8.21. The molecule has 4 rings (SSSR count). The van der Waals surface area contributed by atoms with Gasteiger partial charge in [0.05, 0.1) is 11.2 Å². The smallest absolute Gasteiger partial charge is 0.410 e. The lowest BCUT2D eigenvalue weighted by Gasteiger charge is -2.31. The van der Waals surface area contributed by atoms with Gasteiger partial charge in [0.25, 0.3) is 0 Å². The molecule has 0 unspecified atom stereocenters. The summed E-state index contributed by atoms with van der Waals surface area (Å²) in [5.41, 5.74) is 3.11. The lowest BCUT2D eigenvalue weighted by atomic mass is 9.91. The minimum atomic E-state index is -0.292. The van der Waals surface area contributed by atoms with Gasteiger partial charge in [-0.05, 0) is 54.7 Å². The first-order valence-electron chi connectivity index (χ1n) is 9.98. The van der Waals surface area contributed by atoms with E-state index in [1.165, 1.54) is 5.56 Å². The number of halogens is 1. The molecule has 0 saturated carbocycles. The molecule has 150 valence electrons. The fraction of sp³-hybridized carbons (Fsp3) is 0.348. The average molecular weight is 410 g/mol. The molecular formula is C23H24ClN3O2. The van der Waals surface area contributed by atoms with E-state index < -0.39 is 0 Å². The van der Waals surface area contributed by atoms with Gasteiger partial charge in [-0.1, -0.05) is 37.6 Å². The van der Waals surface area contributed by atoms with E-state index in [2.05, 4.69) is 23.8 Å². The summed E-state index contributed by atoms with van der Waals surface area (Å²) in [6.45, 7) is 5.57. The molecule has 0 aliphatic carbocycles. The Morgan fingerprint density at radius 3 is 2.52 bits per heavy atom. The number of benzene rings is 2. The summed E-state index contributed by atoms with van der Waals surface area (Å²) in [5.74, 6) is 1.32. The Morgan fingerprint density at radius 2 is 1.83 bits per heavy atom. The van der Waals surface area contributed by atoms with Crippen LogP contribution in [0.5, 0.6) is 5.75 Å². The van der Waals surface area contributed by atoms with Crippen molar-refractivity contribution in [1.82, 2.24) is 14.9 Å². The van der Waals surface area contributed by atoms with Gasteiger partial charge in [0.2, 0.25) is 0 Å². The van der Waals surface area contributed by atoms with Crippen LogP contribution in [0.25, 0.3) is 10.9 Å². The van der Waals surface area contributed by atoms with Crippen LogP contribution >= 0.6 is 11.6 Å². The maximum atomic E-state index is 12.5. The number of nitrogens with zero attached hydrogens (tertiary/aromatic N) is 3. The van der Waals surface area contributed by atoms with E-state index in [1.807, 2.05) is 42.5 Å². The minimum absolute atomic E-state index is 0.288. The first kappa shape index (κ1) is 19.6. The summed E-state index contributed by atoms with van der Waals surface area (Å²) in [5, 5.41) is 1.70. The van der Waals surface area contributed by atoms with Crippen LogP contribution in [0.15, 0.2) is 48.8 Å². The van der Waals surface area contributed by atoms with Gasteiger partial charge in [0.1, 0.15) is 12.1 Å². The zero-order valence-corrected chi connectivity index (χ0v) is 17.4. The van der Waals surface area contributed by atoms with E-state index in [0.29, 0.717) is 29.8 Å². The van der Waals surface area contributed by atoms with Crippen LogP contribution in [0.3, 0.4) is 0 Å². The second kappa shape index (κ2) is 8.37. The number of amides is 1. The molecule has 1 fully saturated rings. The number of piperidine rings is 1. The predicted molar refractivity (Wildman–Crippen MR) is 115 cm³/mol. The second-order valence-electron chi connectivity index (χ2n) is 7.77. The number of aromatic nitrogens is 2. The zero-order valence-electron chi connectivity index (χ0n) is 16.6. The van der Waals surface area contributed by atoms with E-state index in [-0.39, 0.29) is 12.0 Å². The number of carbonyl (C=O) groups excluding carboxylic acids is 1. The summed E-state index contributed by atoms with van der Waals surface area (Å²) in [7, 11) is 0. The minimum Gasteiger partial charge on any atom is -0.410 e. The van der Waals surface area contributed by atoms with E-state index in [4.69, 9.17) is 16.3 Å². The summed E-state index contributed by atoms with van der Waals surface area (Å²) in [4.78, 5) is 23.2. The molecule has 1 aromatic heterocycles. The number of fused-ring (bicyclic) bond motifs is 1. The van der Waals surface area contributed by atoms with E-state index >= 15 is 0 Å². The SMILES string of the molecule is CC(C)c1ccc(OC(=O)N2CCC(c3ncnc4cc(Cl)ccc34)CC2)cc1. The Hall–Kier alpha value is -2.66. The Kier molecular flexibility index (Phi) is 5.67. The lowest BCUT2D eigenvalue weighted by Crippen LogP contribution is -2.39. The molecule has 0 N–H and O–H groups in total. The van der Waals surface area contributed by atoms with Gasteiger partial charge in [-0.2, -0.15) is 0 Å².